The molecular weight excluding hydrogens is 298 g/mol. The van der Waals surface area contributed by atoms with Crippen LogP contribution in [0.4, 0.5) is 5.69 Å². The van der Waals surface area contributed by atoms with Crippen molar-refractivity contribution in [1.29, 1.82) is 0 Å². The quantitative estimate of drug-likeness (QED) is 0.852. The molecule has 0 bridgehead atoms. The Kier molecular flexibility index (Phi) is 3.39. The average molecular weight is 308 g/mol. The molecule has 1 fully saturated rings. The Morgan fingerprint density at radius 1 is 1.56 bits per heavy atom. The van der Waals surface area contributed by atoms with Gasteiger partial charge in [0.2, 0.25) is 5.91 Å². The first kappa shape index (κ1) is 12.7. The first-order valence-corrected chi connectivity index (χ1v) is 6.12. The van der Waals surface area contributed by atoms with Gasteiger partial charge in [0.15, 0.2) is 0 Å². The summed E-state index contributed by atoms with van der Waals surface area (Å²) < 4.78 is 0.406. The monoisotopic (exact) mass is 307 g/mol. The summed E-state index contributed by atoms with van der Waals surface area (Å²) in [7, 11) is 0. The minimum absolute atomic E-state index is 0.0822. The van der Waals surface area contributed by atoms with E-state index in [0.29, 0.717) is 23.1 Å². The van der Waals surface area contributed by atoms with Crippen molar-refractivity contribution in [3.05, 3.63) is 28.2 Å². The van der Waals surface area contributed by atoms with Crippen LogP contribution in [0.1, 0.15) is 16.8 Å². The highest BCUT2D eigenvalue weighted by atomic mass is 79.9. The maximum absolute atomic E-state index is 11.8. The van der Waals surface area contributed by atoms with Crippen molar-refractivity contribution in [2.24, 2.45) is 5.92 Å². The van der Waals surface area contributed by atoms with E-state index in [4.69, 9.17) is 11.5 Å². The third-order valence-corrected chi connectivity index (χ3v) is 3.69. The number of terminal acetylenes is 1. The Hall–Kier alpha value is -1.80. The van der Waals surface area contributed by atoms with Gasteiger partial charge in [-0.15, -0.1) is 12.3 Å². The first-order valence-electron chi connectivity index (χ1n) is 5.33. The molecule has 92 valence electrons. The molecule has 1 unspecified atom stereocenters. The predicted octanol–water partition coefficient (Wildman–Crippen LogP) is 2.13. The number of hydrogen-bond donors (Lipinski definition) is 1. The number of aromatic carboxylic acids is 1. The lowest BCUT2D eigenvalue weighted by Crippen LogP contribution is -2.25. The molecular formula is C13H10BrNO3. The Morgan fingerprint density at radius 2 is 2.28 bits per heavy atom. The van der Waals surface area contributed by atoms with E-state index in [9.17, 15) is 9.59 Å². The molecule has 1 aromatic rings. The van der Waals surface area contributed by atoms with Crippen molar-refractivity contribution in [2.45, 2.75) is 6.42 Å². The minimum atomic E-state index is -1.04. The molecule has 4 nitrogen and oxygen atoms in total. The predicted molar refractivity (Wildman–Crippen MR) is 70.4 cm³/mol. The number of anilines is 1. The fourth-order valence-corrected chi connectivity index (χ4v) is 2.59. The number of carbonyl (C=O) groups is 2. The van der Waals surface area contributed by atoms with Gasteiger partial charge in [0.25, 0.3) is 0 Å². The van der Waals surface area contributed by atoms with Crippen LogP contribution in [0.25, 0.3) is 0 Å². The van der Waals surface area contributed by atoms with E-state index in [0.717, 1.165) is 0 Å². The Bertz CT molecular complexity index is 562. The number of nitrogens with zero attached hydrogens (tertiary/aromatic N) is 1. The van der Waals surface area contributed by atoms with Crippen molar-refractivity contribution in [2.75, 3.05) is 11.4 Å². The van der Waals surface area contributed by atoms with Gasteiger partial charge in [-0.1, -0.05) is 6.07 Å². The smallest absolute Gasteiger partial charge is 0.336 e. The third kappa shape index (κ3) is 2.12. The van der Waals surface area contributed by atoms with Crippen LogP contribution in [0.5, 0.6) is 0 Å². The maximum Gasteiger partial charge on any atom is 0.336 e. The summed E-state index contributed by atoms with van der Waals surface area (Å²) in [5.74, 6) is 1.32. The summed E-state index contributed by atoms with van der Waals surface area (Å²) >= 11 is 3.23. The number of carboxylic acid groups (broad SMARTS) is 1. The number of amides is 1. The summed E-state index contributed by atoms with van der Waals surface area (Å²) in [6.45, 7) is 0.428. The van der Waals surface area contributed by atoms with Gasteiger partial charge in [0, 0.05) is 18.9 Å². The molecule has 1 aliphatic heterocycles. The summed E-state index contributed by atoms with van der Waals surface area (Å²) in [5, 5.41) is 9.03. The molecule has 0 aliphatic carbocycles. The van der Waals surface area contributed by atoms with Crippen LogP contribution < -0.4 is 4.90 Å². The number of rotatable bonds is 2. The first-order chi connectivity index (χ1) is 8.54. The minimum Gasteiger partial charge on any atom is -0.478 e. The van der Waals surface area contributed by atoms with E-state index in [2.05, 4.69) is 21.9 Å². The molecule has 1 saturated heterocycles. The molecule has 5 heteroatoms. The van der Waals surface area contributed by atoms with Crippen molar-refractivity contribution >= 4 is 33.5 Å². The Balaban J connectivity index is 2.41. The van der Waals surface area contributed by atoms with Gasteiger partial charge >= 0.3 is 5.97 Å². The lowest BCUT2D eigenvalue weighted by atomic mass is 10.1. The fourth-order valence-electron chi connectivity index (χ4n) is 1.95. The van der Waals surface area contributed by atoms with E-state index in [1.165, 1.54) is 11.0 Å². The van der Waals surface area contributed by atoms with E-state index in [1.54, 1.807) is 12.1 Å². The summed E-state index contributed by atoms with van der Waals surface area (Å²) in [6.07, 6.45) is 5.62. The zero-order valence-corrected chi connectivity index (χ0v) is 11.0. The molecule has 18 heavy (non-hydrogen) atoms. The van der Waals surface area contributed by atoms with Crippen LogP contribution in [0.3, 0.4) is 0 Å². The van der Waals surface area contributed by atoms with Crippen LogP contribution in [0.15, 0.2) is 22.7 Å². The van der Waals surface area contributed by atoms with Gasteiger partial charge in [-0.3, -0.25) is 4.79 Å². The van der Waals surface area contributed by atoms with Crippen molar-refractivity contribution in [3.63, 3.8) is 0 Å². The molecule has 1 N–H and O–H groups in total. The molecule has 1 aliphatic rings. The number of halogens is 1. The van der Waals surface area contributed by atoms with Crippen LogP contribution in [-0.2, 0) is 4.79 Å². The van der Waals surface area contributed by atoms with Crippen molar-refractivity contribution in [1.82, 2.24) is 0 Å². The van der Waals surface area contributed by atoms with E-state index < -0.39 is 5.97 Å². The maximum atomic E-state index is 11.8. The second kappa shape index (κ2) is 4.83. The highest BCUT2D eigenvalue weighted by molar-refractivity contribution is 9.10. The largest absolute Gasteiger partial charge is 0.478 e. The van der Waals surface area contributed by atoms with E-state index >= 15 is 0 Å². The molecule has 0 saturated carbocycles. The lowest BCUT2D eigenvalue weighted by Gasteiger charge is -2.18. The molecule has 0 radical (unpaired) electrons. The molecule has 1 aromatic carbocycles. The SMILES string of the molecule is C#CC1CC(=O)N(c2cccc(C(=O)O)c2Br)C1. The van der Waals surface area contributed by atoms with Gasteiger partial charge in [-0.2, -0.15) is 0 Å². The summed E-state index contributed by atoms with van der Waals surface area (Å²) in [5.41, 5.74) is 0.683. The molecule has 1 heterocycles. The van der Waals surface area contributed by atoms with Crippen LogP contribution >= 0.6 is 15.9 Å². The van der Waals surface area contributed by atoms with Crippen LogP contribution in [0.2, 0.25) is 0 Å². The normalized spacial score (nSPS) is 18.8. The summed E-state index contributed by atoms with van der Waals surface area (Å²) in [6, 6.07) is 4.79. The lowest BCUT2D eigenvalue weighted by molar-refractivity contribution is -0.117. The molecule has 0 aromatic heterocycles. The van der Waals surface area contributed by atoms with Crippen LogP contribution in [0, 0.1) is 18.3 Å². The van der Waals surface area contributed by atoms with E-state index in [1.807, 2.05) is 0 Å². The second-order valence-electron chi connectivity index (χ2n) is 4.02. The number of benzene rings is 1. The fraction of sp³-hybridized carbons (Fsp3) is 0.231. The highest BCUT2D eigenvalue weighted by Gasteiger charge is 2.31. The van der Waals surface area contributed by atoms with E-state index in [-0.39, 0.29) is 17.4 Å². The second-order valence-corrected chi connectivity index (χ2v) is 4.81. The van der Waals surface area contributed by atoms with Gasteiger partial charge in [-0.25, -0.2) is 4.79 Å². The van der Waals surface area contributed by atoms with Crippen molar-refractivity contribution < 1.29 is 14.7 Å². The molecule has 1 atom stereocenters. The van der Waals surface area contributed by atoms with Gasteiger partial charge in [0.05, 0.1) is 15.7 Å². The van der Waals surface area contributed by atoms with Crippen LogP contribution in [-0.4, -0.2) is 23.5 Å². The zero-order valence-electron chi connectivity index (χ0n) is 9.39. The molecule has 2 rings (SSSR count). The average Bonchev–Trinajstić information content (AvgIpc) is 2.70. The van der Waals surface area contributed by atoms with Crippen molar-refractivity contribution in [3.8, 4) is 12.3 Å². The van der Waals surface area contributed by atoms with Gasteiger partial charge in [0.1, 0.15) is 0 Å². The van der Waals surface area contributed by atoms with Gasteiger partial charge in [-0.05, 0) is 28.1 Å². The highest BCUT2D eigenvalue weighted by Crippen LogP contribution is 2.33. The summed E-state index contributed by atoms with van der Waals surface area (Å²) in [4.78, 5) is 24.4. The van der Waals surface area contributed by atoms with Gasteiger partial charge < -0.3 is 10.0 Å². The Morgan fingerprint density at radius 3 is 2.83 bits per heavy atom. The number of carboxylic acids is 1. The molecule has 0 spiro atoms. The number of carbonyl (C=O) groups excluding carboxylic acids is 1. The standard InChI is InChI=1S/C13H10BrNO3/c1-2-8-6-11(16)15(7-8)10-5-3-4-9(12(10)14)13(17)18/h1,3-5,8H,6-7H2,(H,17,18). The topological polar surface area (TPSA) is 57.6 Å². The molecule has 1 amide bonds. The zero-order chi connectivity index (χ0) is 13.3. The third-order valence-electron chi connectivity index (χ3n) is 2.86. The Labute approximate surface area is 113 Å². The number of hydrogen-bond acceptors (Lipinski definition) is 2.